The second kappa shape index (κ2) is 9.61. The SMILES string of the molecule is COc1cccc(N2CCN(C(=O)COCc3cc(-c4ccc(F)cc4)on3)CC2)c1. The number of halogens is 1. The van der Waals surface area contributed by atoms with Crippen LogP contribution in [0.15, 0.2) is 59.1 Å². The van der Waals surface area contributed by atoms with E-state index in [1.165, 1.54) is 12.1 Å². The zero-order chi connectivity index (χ0) is 21.6. The van der Waals surface area contributed by atoms with Gasteiger partial charge in [-0.05, 0) is 36.4 Å². The Balaban J connectivity index is 1.22. The van der Waals surface area contributed by atoms with Crippen LogP contribution in [0.4, 0.5) is 10.1 Å². The van der Waals surface area contributed by atoms with E-state index in [0.717, 1.165) is 30.1 Å². The minimum Gasteiger partial charge on any atom is -0.497 e. The molecule has 1 saturated heterocycles. The molecule has 1 aliphatic rings. The number of rotatable bonds is 7. The van der Waals surface area contributed by atoms with E-state index in [2.05, 4.69) is 10.1 Å². The quantitative estimate of drug-likeness (QED) is 0.578. The van der Waals surface area contributed by atoms with Crippen LogP contribution < -0.4 is 9.64 Å². The Morgan fingerprint density at radius 1 is 1.10 bits per heavy atom. The third-order valence-electron chi connectivity index (χ3n) is 5.21. The predicted octanol–water partition coefficient (Wildman–Crippen LogP) is 3.35. The normalized spacial score (nSPS) is 14.0. The number of ether oxygens (including phenoxy) is 2. The number of anilines is 1. The average Bonchev–Trinajstić information content (AvgIpc) is 3.28. The Morgan fingerprint density at radius 2 is 1.87 bits per heavy atom. The van der Waals surface area contributed by atoms with Gasteiger partial charge in [-0.15, -0.1) is 0 Å². The minimum atomic E-state index is -0.310. The number of hydrogen-bond acceptors (Lipinski definition) is 6. The molecule has 31 heavy (non-hydrogen) atoms. The van der Waals surface area contributed by atoms with E-state index in [1.54, 1.807) is 25.3 Å². The first-order valence-corrected chi connectivity index (χ1v) is 10.1. The molecule has 0 aliphatic carbocycles. The number of aromatic nitrogens is 1. The van der Waals surface area contributed by atoms with Crippen molar-refractivity contribution in [3.8, 4) is 17.1 Å². The van der Waals surface area contributed by atoms with Gasteiger partial charge in [0.25, 0.3) is 0 Å². The highest BCUT2D eigenvalue weighted by Gasteiger charge is 2.21. The van der Waals surface area contributed by atoms with Gasteiger partial charge in [0.05, 0.1) is 13.7 Å². The number of carbonyl (C=O) groups is 1. The molecule has 2 aromatic carbocycles. The van der Waals surface area contributed by atoms with Gasteiger partial charge < -0.3 is 23.8 Å². The molecule has 0 unspecified atom stereocenters. The summed E-state index contributed by atoms with van der Waals surface area (Å²) in [6.07, 6.45) is 0. The lowest BCUT2D eigenvalue weighted by Gasteiger charge is -2.36. The maximum absolute atomic E-state index is 13.0. The molecule has 0 bridgehead atoms. The van der Waals surface area contributed by atoms with Gasteiger partial charge in [0, 0.05) is 49.6 Å². The zero-order valence-corrected chi connectivity index (χ0v) is 17.3. The maximum Gasteiger partial charge on any atom is 0.248 e. The van der Waals surface area contributed by atoms with Gasteiger partial charge in [-0.3, -0.25) is 4.79 Å². The first-order chi connectivity index (χ1) is 15.1. The highest BCUT2D eigenvalue weighted by Crippen LogP contribution is 2.23. The monoisotopic (exact) mass is 425 g/mol. The summed E-state index contributed by atoms with van der Waals surface area (Å²) >= 11 is 0. The number of carbonyl (C=O) groups excluding carboxylic acids is 1. The summed E-state index contributed by atoms with van der Waals surface area (Å²) in [7, 11) is 1.65. The van der Waals surface area contributed by atoms with Crippen LogP contribution in [0.5, 0.6) is 5.75 Å². The van der Waals surface area contributed by atoms with Crippen molar-refractivity contribution in [2.24, 2.45) is 0 Å². The fourth-order valence-corrected chi connectivity index (χ4v) is 3.49. The molecule has 7 nitrogen and oxygen atoms in total. The second-order valence-corrected chi connectivity index (χ2v) is 7.25. The maximum atomic E-state index is 13.0. The average molecular weight is 425 g/mol. The summed E-state index contributed by atoms with van der Waals surface area (Å²) in [6, 6.07) is 15.6. The van der Waals surface area contributed by atoms with E-state index >= 15 is 0 Å². The summed E-state index contributed by atoms with van der Waals surface area (Å²) in [6.45, 7) is 2.93. The van der Waals surface area contributed by atoms with Crippen molar-refractivity contribution in [2.45, 2.75) is 6.61 Å². The molecule has 0 atom stereocenters. The van der Waals surface area contributed by atoms with Crippen molar-refractivity contribution in [3.05, 3.63) is 66.1 Å². The number of piperazine rings is 1. The van der Waals surface area contributed by atoms with E-state index in [1.807, 2.05) is 29.2 Å². The third-order valence-corrected chi connectivity index (χ3v) is 5.21. The molecule has 1 amide bonds. The summed E-state index contributed by atoms with van der Waals surface area (Å²) in [4.78, 5) is 16.5. The molecule has 4 rings (SSSR count). The molecule has 162 valence electrons. The summed E-state index contributed by atoms with van der Waals surface area (Å²) in [5, 5.41) is 3.95. The van der Waals surface area contributed by atoms with Gasteiger partial charge in [-0.1, -0.05) is 11.2 Å². The van der Waals surface area contributed by atoms with Crippen molar-refractivity contribution in [1.82, 2.24) is 10.1 Å². The molecule has 1 fully saturated rings. The molecule has 0 N–H and O–H groups in total. The number of nitrogens with zero attached hydrogens (tertiary/aromatic N) is 3. The third kappa shape index (κ3) is 5.21. The van der Waals surface area contributed by atoms with Crippen LogP contribution in [0.3, 0.4) is 0 Å². The van der Waals surface area contributed by atoms with Gasteiger partial charge in [-0.25, -0.2) is 4.39 Å². The number of hydrogen-bond donors (Lipinski definition) is 0. The Bertz CT molecular complexity index is 1010. The highest BCUT2D eigenvalue weighted by atomic mass is 19.1. The molecule has 8 heteroatoms. The lowest BCUT2D eigenvalue weighted by molar-refractivity contribution is -0.136. The van der Waals surface area contributed by atoms with Gasteiger partial charge >= 0.3 is 0 Å². The Kier molecular flexibility index (Phi) is 6.47. The molecule has 1 aromatic heterocycles. The molecule has 0 saturated carbocycles. The fraction of sp³-hybridized carbons (Fsp3) is 0.304. The molecule has 0 radical (unpaired) electrons. The molecule has 3 aromatic rings. The number of methoxy groups -OCH3 is 1. The van der Waals surface area contributed by atoms with Crippen LogP contribution >= 0.6 is 0 Å². The van der Waals surface area contributed by atoms with Crippen molar-refractivity contribution >= 4 is 11.6 Å². The van der Waals surface area contributed by atoms with Crippen molar-refractivity contribution in [3.63, 3.8) is 0 Å². The smallest absolute Gasteiger partial charge is 0.248 e. The van der Waals surface area contributed by atoms with Crippen LogP contribution in [-0.2, 0) is 16.1 Å². The fourth-order valence-electron chi connectivity index (χ4n) is 3.49. The predicted molar refractivity (Wildman–Crippen MR) is 113 cm³/mol. The van der Waals surface area contributed by atoms with E-state index in [9.17, 15) is 9.18 Å². The van der Waals surface area contributed by atoms with Gasteiger partial charge in [0.2, 0.25) is 5.91 Å². The van der Waals surface area contributed by atoms with Gasteiger partial charge in [-0.2, -0.15) is 0 Å². The molecular weight excluding hydrogens is 401 g/mol. The first-order valence-electron chi connectivity index (χ1n) is 10.1. The van der Waals surface area contributed by atoms with Crippen molar-refractivity contribution in [1.29, 1.82) is 0 Å². The Hall–Kier alpha value is -3.39. The van der Waals surface area contributed by atoms with Crippen LogP contribution in [0.1, 0.15) is 5.69 Å². The first kappa shape index (κ1) is 20.9. The van der Waals surface area contributed by atoms with Crippen molar-refractivity contribution in [2.75, 3.05) is 44.8 Å². The lowest BCUT2D eigenvalue weighted by Crippen LogP contribution is -2.49. The topological polar surface area (TPSA) is 68.0 Å². The van der Waals surface area contributed by atoms with Gasteiger partial charge in [0.15, 0.2) is 5.76 Å². The van der Waals surface area contributed by atoms with Crippen molar-refractivity contribution < 1.29 is 23.2 Å². The van der Waals surface area contributed by atoms with Crippen LogP contribution in [0, 0.1) is 5.82 Å². The summed E-state index contributed by atoms with van der Waals surface area (Å²) < 4.78 is 29.1. The second-order valence-electron chi connectivity index (χ2n) is 7.25. The summed E-state index contributed by atoms with van der Waals surface area (Å²) in [5.41, 5.74) is 2.39. The zero-order valence-electron chi connectivity index (χ0n) is 17.3. The van der Waals surface area contributed by atoms with Crippen LogP contribution in [0.2, 0.25) is 0 Å². The van der Waals surface area contributed by atoms with Crippen LogP contribution in [-0.4, -0.2) is 55.9 Å². The highest BCUT2D eigenvalue weighted by molar-refractivity contribution is 5.77. The number of benzene rings is 2. The molecule has 0 spiro atoms. The summed E-state index contributed by atoms with van der Waals surface area (Å²) in [5.74, 6) is 0.987. The molecule has 1 aliphatic heterocycles. The van der Waals surface area contributed by atoms with E-state index < -0.39 is 0 Å². The number of amides is 1. The molecule has 2 heterocycles. The van der Waals surface area contributed by atoms with E-state index in [-0.39, 0.29) is 24.9 Å². The largest absolute Gasteiger partial charge is 0.497 e. The van der Waals surface area contributed by atoms with E-state index in [4.69, 9.17) is 14.0 Å². The minimum absolute atomic E-state index is 0.0160. The Morgan fingerprint density at radius 3 is 2.61 bits per heavy atom. The standard InChI is InChI=1S/C23H24FN3O4/c1-29-21-4-2-3-20(14-21)26-9-11-27(12-10-26)23(28)16-30-15-19-13-22(31-25-19)17-5-7-18(24)8-6-17/h2-8,13-14H,9-12,15-16H2,1H3. The lowest BCUT2D eigenvalue weighted by atomic mass is 10.1. The van der Waals surface area contributed by atoms with E-state index in [0.29, 0.717) is 24.5 Å². The molecular formula is C23H24FN3O4. The Labute approximate surface area is 179 Å². The van der Waals surface area contributed by atoms with Crippen LogP contribution in [0.25, 0.3) is 11.3 Å². The van der Waals surface area contributed by atoms with Gasteiger partial charge in [0.1, 0.15) is 23.9 Å².